The van der Waals surface area contributed by atoms with Crippen LogP contribution in [-0.4, -0.2) is 63.8 Å². The third-order valence-corrected chi connectivity index (χ3v) is 5.54. The normalized spacial score (nSPS) is 15.0. The molecule has 4 rings (SSSR count). The van der Waals surface area contributed by atoms with Gasteiger partial charge in [-0.3, -0.25) is 4.79 Å². The van der Waals surface area contributed by atoms with E-state index in [1.165, 1.54) is 0 Å². The van der Waals surface area contributed by atoms with E-state index < -0.39 is 0 Å². The topological polar surface area (TPSA) is 79.2 Å². The number of aryl methyl sites for hydroxylation is 2. The molecule has 0 aliphatic carbocycles. The molecule has 1 aliphatic rings. The molecular weight excluding hydrogens is 390 g/mol. The second-order valence-electron chi connectivity index (χ2n) is 8.10. The first-order chi connectivity index (χ1) is 15.0. The Morgan fingerprint density at radius 3 is 2.48 bits per heavy atom. The van der Waals surface area contributed by atoms with Gasteiger partial charge in [-0.1, -0.05) is 6.07 Å². The summed E-state index contributed by atoms with van der Waals surface area (Å²) in [6.45, 7) is 8.53. The smallest absolute Gasteiger partial charge is 0.253 e. The van der Waals surface area contributed by atoms with Gasteiger partial charge in [0.1, 0.15) is 5.82 Å². The van der Waals surface area contributed by atoms with Crippen LogP contribution in [0.4, 0.5) is 5.82 Å². The first-order valence-electron chi connectivity index (χ1n) is 10.7. The molecule has 31 heavy (non-hydrogen) atoms. The summed E-state index contributed by atoms with van der Waals surface area (Å²) in [6, 6.07) is 9.64. The summed E-state index contributed by atoms with van der Waals surface area (Å²) in [5.74, 6) is 1.53. The highest BCUT2D eigenvalue weighted by molar-refractivity contribution is 5.93. The van der Waals surface area contributed by atoms with Gasteiger partial charge in [0, 0.05) is 44.3 Å². The number of nitrogens with one attached hydrogen (secondary N) is 1. The minimum absolute atomic E-state index is 0.160. The Bertz CT molecular complexity index is 1030. The van der Waals surface area contributed by atoms with Gasteiger partial charge < -0.3 is 15.1 Å². The van der Waals surface area contributed by atoms with Gasteiger partial charge in [0.25, 0.3) is 5.91 Å². The van der Waals surface area contributed by atoms with Crippen molar-refractivity contribution in [2.75, 3.05) is 38.1 Å². The summed E-state index contributed by atoms with van der Waals surface area (Å²) in [5, 5.41) is 7.36. The van der Waals surface area contributed by atoms with Gasteiger partial charge >= 0.3 is 0 Å². The number of hydrogen-bond acceptors (Lipinski definition) is 6. The number of hydrogen-bond donors (Lipinski definition) is 1. The zero-order chi connectivity index (χ0) is 21.8. The average molecular weight is 420 g/mol. The van der Waals surface area contributed by atoms with Gasteiger partial charge in [-0.25, -0.2) is 14.6 Å². The Balaban J connectivity index is 1.33. The molecule has 1 fully saturated rings. The van der Waals surface area contributed by atoms with Crippen LogP contribution in [-0.2, 0) is 6.54 Å². The molecule has 8 heteroatoms. The molecular formula is C23H29N7O. The molecule has 0 radical (unpaired) electrons. The van der Waals surface area contributed by atoms with Gasteiger partial charge in [-0.2, -0.15) is 5.10 Å². The first-order valence-corrected chi connectivity index (χ1v) is 10.7. The van der Waals surface area contributed by atoms with Crippen molar-refractivity contribution in [3.63, 3.8) is 0 Å². The summed E-state index contributed by atoms with van der Waals surface area (Å²) < 4.78 is 1.77. The molecule has 4 heterocycles. The maximum Gasteiger partial charge on any atom is 0.253 e. The van der Waals surface area contributed by atoms with Crippen molar-refractivity contribution in [2.24, 2.45) is 0 Å². The van der Waals surface area contributed by atoms with Gasteiger partial charge in [-0.05, 0) is 63.7 Å². The molecule has 0 saturated carbocycles. The third kappa shape index (κ3) is 5.08. The number of carbonyl (C=O) groups excluding carboxylic acids is 1. The monoisotopic (exact) mass is 419 g/mol. The average Bonchev–Trinajstić information content (AvgIpc) is 2.97. The maximum absolute atomic E-state index is 12.5. The molecule has 0 spiro atoms. The van der Waals surface area contributed by atoms with Gasteiger partial charge in [0.2, 0.25) is 0 Å². The number of likely N-dealkylation sites (N-methyl/N-ethyl adjacent to an activating group) is 1. The molecule has 1 N–H and O–H groups in total. The van der Waals surface area contributed by atoms with Crippen LogP contribution in [0.5, 0.6) is 0 Å². The van der Waals surface area contributed by atoms with Crippen molar-refractivity contribution < 1.29 is 4.79 Å². The number of rotatable bonds is 5. The standard InChI is InChI=1S/C23H29N7O/c1-17-13-18(2)30(27-17)22-8-6-20(16-25-22)23(31)26-15-19-5-7-21(24-14-19)29-10-4-9-28(3)11-12-29/h5-8,13-14,16H,4,9-12,15H2,1-3H3,(H,26,31). The van der Waals surface area contributed by atoms with Crippen molar-refractivity contribution in [2.45, 2.75) is 26.8 Å². The summed E-state index contributed by atoms with van der Waals surface area (Å²) in [4.78, 5) is 26.2. The van der Waals surface area contributed by atoms with E-state index in [0.717, 1.165) is 55.4 Å². The van der Waals surface area contributed by atoms with Crippen molar-refractivity contribution in [3.8, 4) is 5.82 Å². The number of carbonyl (C=O) groups is 1. The summed E-state index contributed by atoms with van der Waals surface area (Å²) in [7, 11) is 2.16. The fraction of sp³-hybridized carbons (Fsp3) is 0.391. The van der Waals surface area contributed by atoms with Gasteiger partial charge in [0.15, 0.2) is 5.82 Å². The zero-order valence-electron chi connectivity index (χ0n) is 18.4. The Labute approximate surface area is 182 Å². The van der Waals surface area contributed by atoms with Crippen molar-refractivity contribution in [3.05, 3.63) is 65.2 Å². The molecule has 0 atom stereocenters. The Morgan fingerprint density at radius 1 is 1.00 bits per heavy atom. The fourth-order valence-electron chi connectivity index (χ4n) is 3.77. The van der Waals surface area contributed by atoms with E-state index in [9.17, 15) is 4.79 Å². The van der Waals surface area contributed by atoms with Crippen LogP contribution in [0.25, 0.3) is 5.82 Å². The molecule has 0 unspecified atom stereocenters. The number of amides is 1. The number of anilines is 1. The third-order valence-electron chi connectivity index (χ3n) is 5.54. The minimum Gasteiger partial charge on any atom is -0.355 e. The minimum atomic E-state index is -0.160. The predicted molar refractivity (Wildman–Crippen MR) is 121 cm³/mol. The molecule has 1 aliphatic heterocycles. The van der Waals surface area contributed by atoms with E-state index >= 15 is 0 Å². The van der Waals surface area contributed by atoms with E-state index in [0.29, 0.717) is 17.9 Å². The summed E-state index contributed by atoms with van der Waals surface area (Å²) >= 11 is 0. The van der Waals surface area contributed by atoms with Crippen molar-refractivity contribution >= 4 is 11.7 Å². The van der Waals surface area contributed by atoms with Gasteiger partial charge in [0.05, 0.1) is 11.3 Å². The van der Waals surface area contributed by atoms with E-state index in [1.54, 1.807) is 16.9 Å². The van der Waals surface area contributed by atoms with Crippen LogP contribution in [0, 0.1) is 13.8 Å². The lowest BCUT2D eigenvalue weighted by atomic mass is 10.2. The van der Waals surface area contributed by atoms with Crippen molar-refractivity contribution in [1.29, 1.82) is 0 Å². The van der Waals surface area contributed by atoms with Crippen LogP contribution in [0.2, 0.25) is 0 Å². The molecule has 3 aromatic rings. The molecule has 162 valence electrons. The predicted octanol–water partition coefficient (Wildman–Crippen LogP) is 2.35. The van der Waals surface area contributed by atoms with E-state index in [1.807, 2.05) is 44.3 Å². The Hall–Kier alpha value is -3.26. The SMILES string of the molecule is Cc1cc(C)n(-c2ccc(C(=O)NCc3ccc(N4CCCN(C)CC4)nc3)cn2)n1. The lowest BCUT2D eigenvalue weighted by Crippen LogP contribution is -2.29. The highest BCUT2D eigenvalue weighted by atomic mass is 16.1. The molecule has 1 amide bonds. The van der Waals surface area contributed by atoms with Crippen molar-refractivity contribution in [1.82, 2.24) is 30.0 Å². The highest BCUT2D eigenvalue weighted by Gasteiger charge is 2.14. The van der Waals surface area contributed by atoms with Crippen LogP contribution in [0.3, 0.4) is 0 Å². The summed E-state index contributed by atoms with van der Waals surface area (Å²) in [5.41, 5.74) is 3.43. The fourth-order valence-corrected chi connectivity index (χ4v) is 3.77. The summed E-state index contributed by atoms with van der Waals surface area (Å²) in [6.07, 6.45) is 4.57. The van der Waals surface area contributed by atoms with E-state index in [-0.39, 0.29) is 5.91 Å². The lowest BCUT2D eigenvalue weighted by molar-refractivity contribution is 0.0950. The van der Waals surface area contributed by atoms with Crippen LogP contribution < -0.4 is 10.2 Å². The van der Waals surface area contributed by atoms with E-state index in [4.69, 9.17) is 0 Å². The molecule has 0 aromatic carbocycles. The molecule has 8 nitrogen and oxygen atoms in total. The zero-order valence-corrected chi connectivity index (χ0v) is 18.4. The number of aromatic nitrogens is 4. The highest BCUT2D eigenvalue weighted by Crippen LogP contribution is 2.14. The quantitative estimate of drug-likeness (QED) is 0.684. The first kappa shape index (κ1) is 21.0. The van der Waals surface area contributed by atoms with Crippen LogP contribution in [0.15, 0.2) is 42.7 Å². The largest absolute Gasteiger partial charge is 0.355 e. The second-order valence-corrected chi connectivity index (χ2v) is 8.10. The number of nitrogens with zero attached hydrogens (tertiary/aromatic N) is 6. The Kier molecular flexibility index (Phi) is 6.27. The Morgan fingerprint density at radius 2 is 1.81 bits per heavy atom. The molecule has 3 aromatic heterocycles. The number of pyridine rings is 2. The molecule has 0 bridgehead atoms. The van der Waals surface area contributed by atoms with Crippen LogP contribution >= 0.6 is 0 Å². The molecule has 1 saturated heterocycles. The maximum atomic E-state index is 12.5. The van der Waals surface area contributed by atoms with Gasteiger partial charge in [-0.15, -0.1) is 0 Å². The van der Waals surface area contributed by atoms with E-state index in [2.05, 4.69) is 37.2 Å². The lowest BCUT2D eigenvalue weighted by Gasteiger charge is -2.21. The van der Waals surface area contributed by atoms with Crippen LogP contribution in [0.1, 0.15) is 33.7 Å². The second kappa shape index (κ2) is 9.26.